The lowest BCUT2D eigenvalue weighted by Gasteiger charge is -2.30. The van der Waals surface area contributed by atoms with Crippen LogP contribution in [0.25, 0.3) is 0 Å². The molecule has 1 aromatic rings. The predicted molar refractivity (Wildman–Crippen MR) is 155 cm³/mol. The fraction of sp³-hybridized carbons (Fsp3) is 0.733. The highest BCUT2D eigenvalue weighted by molar-refractivity contribution is 5.83. The second-order valence-electron chi connectivity index (χ2n) is 11.9. The van der Waals surface area contributed by atoms with Gasteiger partial charge in [0.2, 0.25) is 11.8 Å². The Bertz CT molecular complexity index is 889. The van der Waals surface area contributed by atoms with Crippen LogP contribution >= 0.6 is 0 Å². The standard InChI is InChI=1S/C30H53N3O6/c1-19(2)22(14-21-10-11-26(38-8)27(15-21)39-13-9-12-37-7)16-24(31)25(34)17-23(20(3)4)28(35)33-18-30(5,6)29(32)36/h10-11,15,19-20,22-25,34H,9,12-14,16-18,31H2,1-8H3,(H2,32,36)(H,33,35)/t22-,23+,24+,25-/m1/s1. The van der Waals surface area contributed by atoms with Crippen molar-refractivity contribution >= 4 is 11.8 Å². The topological polar surface area (TPSA) is 146 Å². The molecule has 224 valence electrons. The molecule has 1 aromatic carbocycles. The van der Waals surface area contributed by atoms with Crippen molar-refractivity contribution in [3.05, 3.63) is 23.8 Å². The number of ether oxygens (including phenoxy) is 3. The van der Waals surface area contributed by atoms with Gasteiger partial charge in [0.1, 0.15) is 0 Å². The number of amides is 2. The second-order valence-corrected chi connectivity index (χ2v) is 11.9. The molecule has 0 heterocycles. The van der Waals surface area contributed by atoms with Crippen LogP contribution in [0.4, 0.5) is 0 Å². The number of carbonyl (C=O) groups is 2. The molecule has 0 fully saturated rings. The molecule has 0 aliphatic rings. The van der Waals surface area contributed by atoms with Crippen molar-refractivity contribution in [2.75, 3.05) is 34.0 Å². The number of carbonyl (C=O) groups excluding carboxylic acids is 2. The summed E-state index contributed by atoms with van der Waals surface area (Å²) in [5.74, 6) is 0.792. The lowest BCUT2D eigenvalue weighted by atomic mass is 9.80. The third-order valence-electron chi connectivity index (χ3n) is 7.50. The van der Waals surface area contributed by atoms with E-state index in [9.17, 15) is 14.7 Å². The van der Waals surface area contributed by atoms with Crippen molar-refractivity contribution in [3.8, 4) is 11.5 Å². The second kappa shape index (κ2) is 16.7. The third-order valence-corrected chi connectivity index (χ3v) is 7.50. The quantitative estimate of drug-likeness (QED) is 0.193. The average molecular weight is 552 g/mol. The van der Waals surface area contributed by atoms with Crippen LogP contribution in [0.15, 0.2) is 18.2 Å². The van der Waals surface area contributed by atoms with Crippen molar-refractivity contribution in [2.45, 2.75) is 79.4 Å². The molecular weight excluding hydrogens is 498 g/mol. The van der Waals surface area contributed by atoms with Gasteiger partial charge in [-0.25, -0.2) is 0 Å². The molecule has 0 unspecified atom stereocenters. The molecule has 9 nitrogen and oxygen atoms in total. The van der Waals surface area contributed by atoms with E-state index in [0.717, 1.165) is 18.4 Å². The van der Waals surface area contributed by atoms with E-state index in [4.69, 9.17) is 25.7 Å². The molecule has 0 saturated carbocycles. The molecule has 0 bridgehead atoms. The Morgan fingerprint density at radius 2 is 1.69 bits per heavy atom. The van der Waals surface area contributed by atoms with Gasteiger partial charge in [-0.1, -0.05) is 33.8 Å². The minimum atomic E-state index is -0.854. The first-order chi connectivity index (χ1) is 18.2. The number of rotatable bonds is 19. The maximum absolute atomic E-state index is 12.9. The summed E-state index contributed by atoms with van der Waals surface area (Å²) in [4.78, 5) is 24.5. The van der Waals surface area contributed by atoms with Crippen molar-refractivity contribution in [1.29, 1.82) is 0 Å². The largest absolute Gasteiger partial charge is 0.493 e. The van der Waals surface area contributed by atoms with Crippen LogP contribution in [0, 0.1) is 29.1 Å². The van der Waals surface area contributed by atoms with Gasteiger partial charge >= 0.3 is 0 Å². The van der Waals surface area contributed by atoms with Crippen LogP contribution < -0.4 is 26.3 Å². The zero-order chi connectivity index (χ0) is 29.8. The van der Waals surface area contributed by atoms with E-state index in [1.807, 2.05) is 32.0 Å². The number of methoxy groups -OCH3 is 2. The van der Waals surface area contributed by atoms with Crippen LogP contribution in [0.2, 0.25) is 0 Å². The van der Waals surface area contributed by atoms with Gasteiger partial charge in [0, 0.05) is 38.6 Å². The molecule has 9 heteroatoms. The van der Waals surface area contributed by atoms with Crippen LogP contribution in [0.5, 0.6) is 11.5 Å². The molecule has 2 amide bonds. The number of aliphatic hydroxyl groups excluding tert-OH is 1. The summed E-state index contributed by atoms with van der Waals surface area (Å²) in [7, 11) is 3.29. The van der Waals surface area contributed by atoms with Crippen LogP contribution in [-0.2, 0) is 20.7 Å². The maximum atomic E-state index is 12.9. The molecular formula is C30H53N3O6. The minimum Gasteiger partial charge on any atom is -0.493 e. The summed E-state index contributed by atoms with van der Waals surface area (Å²) in [6.45, 7) is 12.9. The Morgan fingerprint density at radius 3 is 2.23 bits per heavy atom. The van der Waals surface area contributed by atoms with Gasteiger partial charge in [0.05, 0.1) is 25.2 Å². The number of aliphatic hydroxyl groups is 1. The zero-order valence-electron chi connectivity index (χ0n) is 25.3. The summed E-state index contributed by atoms with van der Waals surface area (Å²) in [6, 6.07) is 5.47. The summed E-state index contributed by atoms with van der Waals surface area (Å²) >= 11 is 0. The highest BCUT2D eigenvalue weighted by Crippen LogP contribution is 2.32. The smallest absolute Gasteiger partial charge is 0.224 e. The van der Waals surface area contributed by atoms with Gasteiger partial charge in [0.25, 0.3) is 0 Å². The van der Waals surface area contributed by atoms with E-state index >= 15 is 0 Å². The van der Waals surface area contributed by atoms with Gasteiger partial charge in [-0.3, -0.25) is 9.59 Å². The Hall–Kier alpha value is -2.36. The van der Waals surface area contributed by atoms with Crippen molar-refractivity contribution in [3.63, 3.8) is 0 Å². The Balaban J connectivity index is 2.87. The first kappa shape index (κ1) is 34.7. The number of benzene rings is 1. The number of primary amides is 1. The van der Waals surface area contributed by atoms with Gasteiger partial charge in [-0.2, -0.15) is 0 Å². The summed E-state index contributed by atoms with van der Waals surface area (Å²) in [6.07, 6.45) is 1.56. The van der Waals surface area contributed by atoms with Crippen LogP contribution in [0.1, 0.15) is 66.4 Å². The molecule has 0 aromatic heterocycles. The number of nitrogens with one attached hydrogen (secondary N) is 1. The van der Waals surface area contributed by atoms with Crippen LogP contribution in [0.3, 0.4) is 0 Å². The van der Waals surface area contributed by atoms with E-state index in [0.29, 0.717) is 37.1 Å². The van der Waals surface area contributed by atoms with E-state index in [1.54, 1.807) is 28.1 Å². The maximum Gasteiger partial charge on any atom is 0.224 e. The van der Waals surface area contributed by atoms with E-state index in [-0.39, 0.29) is 30.7 Å². The van der Waals surface area contributed by atoms with Gasteiger partial charge in [0.15, 0.2) is 11.5 Å². The van der Waals surface area contributed by atoms with Crippen molar-refractivity contribution in [1.82, 2.24) is 5.32 Å². The highest BCUT2D eigenvalue weighted by Gasteiger charge is 2.32. The van der Waals surface area contributed by atoms with Crippen molar-refractivity contribution < 1.29 is 28.9 Å². The SMILES string of the molecule is COCCCOc1cc(C[C@H](C[C@H](N)[C@H](O)C[C@H](C(=O)NCC(C)(C)C(N)=O)C(C)C)C(C)C)ccc1OC. The van der Waals surface area contributed by atoms with Gasteiger partial charge in [-0.05, 0) is 68.6 Å². The summed E-state index contributed by atoms with van der Waals surface area (Å²) < 4.78 is 16.5. The monoisotopic (exact) mass is 551 g/mol. The number of nitrogens with two attached hydrogens (primary N) is 2. The van der Waals surface area contributed by atoms with Crippen molar-refractivity contribution in [2.24, 2.45) is 40.6 Å². The number of hydrogen-bond donors (Lipinski definition) is 4. The van der Waals surface area contributed by atoms with E-state index in [1.165, 1.54) is 0 Å². The molecule has 0 aliphatic heterocycles. The van der Waals surface area contributed by atoms with Gasteiger partial charge < -0.3 is 36.1 Å². The normalized spacial score (nSPS) is 15.1. The molecule has 0 radical (unpaired) electrons. The molecule has 4 atom stereocenters. The highest BCUT2D eigenvalue weighted by atomic mass is 16.5. The predicted octanol–water partition coefficient (Wildman–Crippen LogP) is 3.29. The molecule has 0 spiro atoms. The molecule has 39 heavy (non-hydrogen) atoms. The Labute approximate surface area is 235 Å². The first-order valence-electron chi connectivity index (χ1n) is 14.0. The minimum absolute atomic E-state index is 0.00829. The fourth-order valence-electron chi connectivity index (χ4n) is 4.39. The van der Waals surface area contributed by atoms with E-state index in [2.05, 4.69) is 19.2 Å². The number of hydrogen-bond acceptors (Lipinski definition) is 7. The third kappa shape index (κ3) is 11.7. The summed E-state index contributed by atoms with van der Waals surface area (Å²) in [5, 5.41) is 13.9. The lowest BCUT2D eigenvalue weighted by Crippen LogP contribution is -2.46. The molecule has 0 saturated heterocycles. The zero-order valence-corrected chi connectivity index (χ0v) is 25.3. The first-order valence-corrected chi connectivity index (χ1v) is 14.0. The van der Waals surface area contributed by atoms with Crippen LogP contribution in [-0.4, -0.2) is 63.0 Å². The Kier molecular flexibility index (Phi) is 14.8. The molecule has 6 N–H and O–H groups in total. The van der Waals surface area contributed by atoms with Gasteiger partial charge in [-0.15, -0.1) is 0 Å². The summed E-state index contributed by atoms with van der Waals surface area (Å²) in [5.41, 5.74) is 12.2. The Morgan fingerprint density at radius 1 is 1.03 bits per heavy atom. The molecule has 1 rings (SSSR count). The van der Waals surface area contributed by atoms with E-state index < -0.39 is 29.4 Å². The lowest BCUT2D eigenvalue weighted by molar-refractivity contribution is -0.130. The average Bonchev–Trinajstić information content (AvgIpc) is 2.87. The molecule has 0 aliphatic carbocycles. The fourth-order valence-corrected chi connectivity index (χ4v) is 4.39.